The molecule has 1 rings (SSSR count). The molecule has 0 aromatic heterocycles. The standard InChI is InChI=1S/C14H20F3NO2S/c1-4-18-13(10(2)21(3,19)20)9-11-5-7-12(8-6-11)14(15,16)17/h5-8,10,13,18H,4,9H2,1-3H3. The maximum Gasteiger partial charge on any atom is 0.416 e. The fourth-order valence-electron chi connectivity index (χ4n) is 2.05. The maximum atomic E-state index is 12.5. The van der Waals surface area contributed by atoms with Gasteiger partial charge >= 0.3 is 6.18 Å². The van der Waals surface area contributed by atoms with Crippen LogP contribution in [0.2, 0.25) is 0 Å². The number of benzene rings is 1. The Labute approximate surface area is 123 Å². The van der Waals surface area contributed by atoms with Gasteiger partial charge in [-0.25, -0.2) is 8.42 Å². The van der Waals surface area contributed by atoms with E-state index in [-0.39, 0.29) is 6.04 Å². The first-order valence-corrected chi connectivity index (χ1v) is 8.59. The molecule has 2 atom stereocenters. The molecule has 2 unspecified atom stereocenters. The van der Waals surface area contributed by atoms with E-state index in [0.717, 1.165) is 18.4 Å². The topological polar surface area (TPSA) is 46.2 Å². The summed E-state index contributed by atoms with van der Waals surface area (Å²) in [5.74, 6) is 0. The highest BCUT2D eigenvalue weighted by Gasteiger charge is 2.30. The molecule has 1 aromatic rings. The van der Waals surface area contributed by atoms with Gasteiger partial charge in [-0.3, -0.25) is 0 Å². The van der Waals surface area contributed by atoms with Crippen molar-refractivity contribution in [2.24, 2.45) is 0 Å². The first kappa shape index (κ1) is 18.0. The first-order valence-electron chi connectivity index (χ1n) is 6.64. The Morgan fingerprint density at radius 2 is 1.71 bits per heavy atom. The van der Waals surface area contributed by atoms with E-state index in [4.69, 9.17) is 0 Å². The number of hydrogen-bond donors (Lipinski definition) is 1. The molecule has 0 aliphatic heterocycles. The number of alkyl halides is 3. The molecule has 1 aromatic carbocycles. The number of nitrogens with one attached hydrogen (secondary N) is 1. The van der Waals surface area contributed by atoms with Crippen LogP contribution in [0.15, 0.2) is 24.3 Å². The van der Waals surface area contributed by atoms with Gasteiger partial charge in [0.2, 0.25) is 0 Å². The molecule has 120 valence electrons. The van der Waals surface area contributed by atoms with Crippen molar-refractivity contribution >= 4 is 9.84 Å². The Hall–Kier alpha value is -1.08. The summed E-state index contributed by atoms with van der Waals surface area (Å²) in [6, 6.07) is 4.48. The summed E-state index contributed by atoms with van der Waals surface area (Å²) >= 11 is 0. The molecule has 0 bridgehead atoms. The molecular weight excluding hydrogens is 303 g/mol. The summed E-state index contributed by atoms with van der Waals surface area (Å²) in [7, 11) is -3.22. The monoisotopic (exact) mass is 323 g/mol. The van der Waals surface area contributed by atoms with Gasteiger partial charge in [-0.1, -0.05) is 19.1 Å². The van der Waals surface area contributed by atoms with E-state index in [1.807, 2.05) is 6.92 Å². The van der Waals surface area contributed by atoms with Gasteiger partial charge in [0.05, 0.1) is 10.8 Å². The van der Waals surface area contributed by atoms with Gasteiger partial charge in [-0.05, 0) is 37.6 Å². The lowest BCUT2D eigenvalue weighted by atomic mass is 10.0. The molecule has 0 heterocycles. The van der Waals surface area contributed by atoms with E-state index in [1.54, 1.807) is 6.92 Å². The molecule has 0 spiro atoms. The molecule has 0 radical (unpaired) electrons. The lowest BCUT2D eigenvalue weighted by Crippen LogP contribution is -2.43. The van der Waals surface area contributed by atoms with Gasteiger partial charge in [-0.2, -0.15) is 13.2 Å². The Bertz CT molecular complexity index is 553. The SMILES string of the molecule is CCNC(Cc1ccc(C(F)(F)F)cc1)C(C)S(C)(=O)=O. The van der Waals surface area contributed by atoms with E-state index < -0.39 is 26.8 Å². The molecule has 0 aliphatic rings. The van der Waals surface area contributed by atoms with Crippen molar-refractivity contribution in [3.05, 3.63) is 35.4 Å². The zero-order valence-electron chi connectivity index (χ0n) is 12.2. The lowest BCUT2D eigenvalue weighted by molar-refractivity contribution is -0.137. The van der Waals surface area contributed by atoms with E-state index in [9.17, 15) is 21.6 Å². The third kappa shape index (κ3) is 5.32. The zero-order chi connectivity index (χ0) is 16.3. The third-order valence-electron chi connectivity index (χ3n) is 3.45. The number of hydrogen-bond acceptors (Lipinski definition) is 3. The van der Waals surface area contributed by atoms with Crippen LogP contribution in [0, 0.1) is 0 Å². The number of halogens is 3. The fraction of sp³-hybridized carbons (Fsp3) is 0.571. The van der Waals surface area contributed by atoms with E-state index >= 15 is 0 Å². The third-order valence-corrected chi connectivity index (χ3v) is 5.12. The predicted octanol–water partition coefficient (Wildman–Crippen LogP) is 2.66. The molecule has 0 saturated carbocycles. The second kappa shape index (κ2) is 6.79. The van der Waals surface area contributed by atoms with Gasteiger partial charge in [0, 0.05) is 12.3 Å². The van der Waals surface area contributed by atoms with Crippen molar-refractivity contribution in [2.75, 3.05) is 12.8 Å². The fourth-order valence-corrected chi connectivity index (χ4v) is 2.84. The van der Waals surface area contributed by atoms with Crippen molar-refractivity contribution in [1.82, 2.24) is 5.32 Å². The van der Waals surface area contributed by atoms with Crippen molar-refractivity contribution in [1.29, 1.82) is 0 Å². The van der Waals surface area contributed by atoms with Crippen LogP contribution in [0.3, 0.4) is 0 Å². The summed E-state index contributed by atoms with van der Waals surface area (Å²) < 4.78 is 60.8. The molecular formula is C14H20F3NO2S. The highest BCUT2D eigenvalue weighted by Crippen LogP contribution is 2.29. The second-order valence-corrected chi connectivity index (χ2v) is 7.50. The minimum Gasteiger partial charge on any atom is -0.313 e. The lowest BCUT2D eigenvalue weighted by Gasteiger charge is -2.23. The molecule has 7 heteroatoms. The number of sulfone groups is 1. The Morgan fingerprint density at radius 1 is 1.19 bits per heavy atom. The van der Waals surface area contributed by atoms with Crippen molar-refractivity contribution in [3.63, 3.8) is 0 Å². The average molecular weight is 323 g/mol. The van der Waals surface area contributed by atoms with E-state index in [2.05, 4.69) is 5.32 Å². The average Bonchev–Trinajstić information content (AvgIpc) is 2.36. The minimum absolute atomic E-state index is 0.332. The van der Waals surface area contributed by atoms with Crippen LogP contribution in [0.5, 0.6) is 0 Å². The van der Waals surface area contributed by atoms with Crippen molar-refractivity contribution in [3.8, 4) is 0 Å². The van der Waals surface area contributed by atoms with Crippen LogP contribution in [0.4, 0.5) is 13.2 Å². The summed E-state index contributed by atoms with van der Waals surface area (Å²) in [6.07, 6.45) is -2.84. The summed E-state index contributed by atoms with van der Waals surface area (Å²) in [4.78, 5) is 0. The quantitative estimate of drug-likeness (QED) is 0.875. The van der Waals surface area contributed by atoms with Crippen LogP contribution < -0.4 is 5.32 Å². The first-order chi connectivity index (χ1) is 9.55. The van der Waals surface area contributed by atoms with E-state index in [0.29, 0.717) is 18.5 Å². The highest BCUT2D eigenvalue weighted by atomic mass is 32.2. The van der Waals surface area contributed by atoms with Gasteiger partial charge in [0.25, 0.3) is 0 Å². The number of rotatable bonds is 6. The molecule has 1 N–H and O–H groups in total. The Morgan fingerprint density at radius 3 is 2.10 bits per heavy atom. The van der Waals surface area contributed by atoms with Gasteiger partial charge in [0.1, 0.15) is 0 Å². The molecule has 0 fully saturated rings. The molecule has 21 heavy (non-hydrogen) atoms. The molecule has 0 amide bonds. The smallest absolute Gasteiger partial charge is 0.313 e. The Balaban J connectivity index is 2.90. The van der Waals surface area contributed by atoms with Gasteiger partial charge in [-0.15, -0.1) is 0 Å². The van der Waals surface area contributed by atoms with Crippen LogP contribution in [-0.4, -0.2) is 32.5 Å². The minimum atomic E-state index is -4.36. The summed E-state index contributed by atoms with van der Waals surface area (Å²) in [5.41, 5.74) is -0.0353. The normalized spacial score (nSPS) is 15.7. The molecule has 3 nitrogen and oxygen atoms in total. The van der Waals surface area contributed by atoms with Gasteiger partial charge < -0.3 is 5.32 Å². The van der Waals surface area contributed by atoms with Crippen molar-refractivity contribution in [2.45, 2.75) is 37.7 Å². The van der Waals surface area contributed by atoms with E-state index in [1.165, 1.54) is 12.1 Å². The van der Waals surface area contributed by atoms with Crippen LogP contribution >= 0.6 is 0 Å². The van der Waals surface area contributed by atoms with Gasteiger partial charge in [0.15, 0.2) is 9.84 Å². The number of likely N-dealkylation sites (N-methyl/N-ethyl adjacent to an activating group) is 1. The van der Waals surface area contributed by atoms with Crippen LogP contribution in [-0.2, 0) is 22.4 Å². The summed E-state index contributed by atoms with van der Waals surface area (Å²) in [6.45, 7) is 4.05. The highest BCUT2D eigenvalue weighted by molar-refractivity contribution is 7.91. The van der Waals surface area contributed by atoms with Crippen molar-refractivity contribution < 1.29 is 21.6 Å². The summed E-state index contributed by atoms with van der Waals surface area (Å²) in [5, 5.41) is 2.47. The Kier molecular flexibility index (Phi) is 5.81. The predicted molar refractivity (Wildman–Crippen MR) is 76.9 cm³/mol. The van der Waals surface area contributed by atoms with Crippen LogP contribution in [0.1, 0.15) is 25.0 Å². The molecule has 0 aliphatic carbocycles. The molecule has 0 saturated heterocycles. The maximum absolute atomic E-state index is 12.5. The largest absolute Gasteiger partial charge is 0.416 e. The zero-order valence-corrected chi connectivity index (χ0v) is 13.1. The van der Waals surface area contributed by atoms with Crippen LogP contribution in [0.25, 0.3) is 0 Å². The second-order valence-electron chi connectivity index (χ2n) is 5.10.